The van der Waals surface area contributed by atoms with Crippen molar-refractivity contribution in [2.24, 2.45) is 11.7 Å². The van der Waals surface area contributed by atoms with Gasteiger partial charge in [-0.15, -0.1) is 0 Å². The van der Waals surface area contributed by atoms with E-state index in [1.807, 2.05) is 6.92 Å². The van der Waals surface area contributed by atoms with Gasteiger partial charge in [-0.25, -0.2) is 8.78 Å². The fourth-order valence-electron chi connectivity index (χ4n) is 1.64. The molecule has 1 nitrogen and oxygen atoms in total. The number of hydrogen-bond donors (Lipinski definition) is 1. The molecule has 1 aromatic rings. The highest BCUT2D eigenvalue weighted by Gasteiger charge is 2.15. The Morgan fingerprint density at radius 1 is 1.20 bits per heavy atom. The third kappa shape index (κ3) is 2.99. The van der Waals surface area contributed by atoms with E-state index in [0.29, 0.717) is 12.5 Å². The second kappa shape index (κ2) is 5.21. The molecule has 0 fully saturated rings. The number of benzene rings is 1. The highest BCUT2D eigenvalue weighted by atomic mass is 19.2. The first-order valence-electron chi connectivity index (χ1n) is 5.21. The smallest absolute Gasteiger partial charge is 0.159 e. The average Bonchev–Trinajstić information content (AvgIpc) is 2.21. The summed E-state index contributed by atoms with van der Waals surface area (Å²) >= 11 is 0. The lowest BCUT2D eigenvalue weighted by molar-refractivity contribution is 0.452. The fraction of sp³-hybridized carbons (Fsp3) is 0.500. The van der Waals surface area contributed by atoms with Crippen molar-refractivity contribution in [3.63, 3.8) is 0 Å². The average molecular weight is 213 g/mol. The van der Waals surface area contributed by atoms with Gasteiger partial charge in [-0.2, -0.15) is 0 Å². The van der Waals surface area contributed by atoms with E-state index in [-0.39, 0.29) is 5.92 Å². The monoisotopic (exact) mass is 213 g/mol. The molecule has 1 aromatic carbocycles. The molecular formula is C12H17F2N. The predicted octanol–water partition coefficient (Wildman–Crippen LogP) is 3.05. The van der Waals surface area contributed by atoms with Gasteiger partial charge in [-0.05, 0) is 42.5 Å². The van der Waals surface area contributed by atoms with Crippen LogP contribution >= 0.6 is 0 Å². The first-order valence-corrected chi connectivity index (χ1v) is 5.21. The lowest BCUT2D eigenvalue weighted by atomic mass is 9.87. The van der Waals surface area contributed by atoms with Gasteiger partial charge in [0.1, 0.15) is 0 Å². The maximum absolute atomic E-state index is 13.0. The van der Waals surface area contributed by atoms with Crippen LogP contribution in [0.5, 0.6) is 0 Å². The van der Waals surface area contributed by atoms with Gasteiger partial charge in [0.2, 0.25) is 0 Å². The molecule has 1 rings (SSSR count). The maximum Gasteiger partial charge on any atom is 0.159 e. The lowest BCUT2D eigenvalue weighted by Gasteiger charge is -2.19. The molecule has 0 heterocycles. The third-order valence-corrected chi connectivity index (χ3v) is 2.95. The number of rotatable bonds is 4. The van der Waals surface area contributed by atoms with E-state index in [2.05, 4.69) is 6.92 Å². The van der Waals surface area contributed by atoms with Gasteiger partial charge < -0.3 is 5.73 Å². The molecule has 0 aromatic heterocycles. The minimum Gasteiger partial charge on any atom is -0.330 e. The second-order valence-corrected chi connectivity index (χ2v) is 4.02. The Morgan fingerprint density at radius 3 is 2.40 bits per heavy atom. The van der Waals surface area contributed by atoms with Crippen molar-refractivity contribution in [3.05, 3.63) is 35.4 Å². The van der Waals surface area contributed by atoms with Gasteiger partial charge in [0.05, 0.1) is 0 Å². The van der Waals surface area contributed by atoms with Gasteiger partial charge in [-0.1, -0.05) is 19.9 Å². The van der Waals surface area contributed by atoms with Crippen molar-refractivity contribution in [2.45, 2.75) is 26.2 Å². The van der Waals surface area contributed by atoms with Crippen molar-refractivity contribution < 1.29 is 8.78 Å². The molecule has 0 aliphatic rings. The van der Waals surface area contributed by atoms with Crippen LogP contribution in [-0.4, -0.2) is 6.54 Å². The summed E-state index contributed by atoms with van der Waals surface area (Å²) in [7, 11) is 0. The van der Waals surface area contributed by atoms with Crippen LogP contribution in [-0.2, 0) is 0 Å². The Balaban J connectivity index is 2.81. The Bertz CT molecular complexity index is 325. The highest BCUT2D eigenvalue weighted by Crippen LogP contribution is 2.26. The summed E-state index contributed by atoms with van der Waals surface area (Å²) in [6, 6.07) is 4.08. The SMILES string of the molecule is CC(CCN)C(C)c1ccc(F)c(F)c1. The second-order valence-electron chi connectivity index (χ2n) is 4.02. The van der Waals surface area contributed by atoms with Crippen LogP contribution < -0.4 is 5.73 Å². The predicted molar refractivity (Wildman–Crippen MR) is 57.6 cm³/mol. The summed E-state index contributed by atoms with van der Waals surface area (Å²) in [5, 5.41) is 0. The zero-order chi connectivity index (χ0) is 11.4. The van der Waals surface area contributed by atoms with Gasteiger partial charge in [0, 0.05) is 0 Å². The van der Waals surface area contributed by atoms with Crippen LogP contribution in [0.15, 0.2) is 18.2 Å². The maximum atomic E-state index is 13.0. The molecular weight excluding hydrogens is 196 g/mol. The number of halogens is 2. The van der Waals surface area contributed by atoms with Crippen molar-refractivity contribution in [1.82, 2.24) is 0 Å². The van der Waals surface area contributed by atoms with Crippen LogP contribution in [0.4, 0.5) is 8.78 Å². The van der Waals surface area contributed by atoms with Crippen LogP contribution in [0.1, 0.15) is 31.7 Å². The molecule has 0 bridgehead atoms. The molecule has 84 valence electrons. The number of nitrogens with two attached hydrogens (primary N) is 1. The zero-order valence-electron chi connectivity index (χ0n) is 9.13. The molecule has 2 N–H and O–H groups in total. The molecule has 0 radical (unpaired) electrons. The molecule has 15 heavy (non-hydrogen) atoms. The van der Waals surface area contributed by atoms with E-state index in [1.165, 1.54) is 12.1 Å². The van der Waals surface area contributed by atoms with E-state index in [1.54, 1.807) is 6.07 Å². The van der Waals surface area contributed by atoms with Crippen LogP contribution in [0.3, 0.4) is 0 Å². The standard InChI is InChI=1S/C12H17F2N/c1-8(5-6-15)9(2)10-3-4-11(13)12(14)7-10/h3-4,7-9H,5-6,15H2,1-2H3. The molecule has 0 saturated heterocycles. The Hall–Kier alpha value is -0.960. The third-order valence-electron chi connectivity index (χ3n) is 2.95. The van der Waals surface area contributed by atoms with Crippen molar-refractivity contribution >= 4 is 0 Å². The minimum absolute atomic E-state index is 0.198. The molecule has 2 atom stereocenters. The summed E-state index contributed by atoms with van der Waals surface area (Å²) in [5.41, 5.74) is 6.29. The Labute approximate surface area is 89.3 Å². The molecule has 0 aliphatic carbocycles. The molecule has 0 amide bonds. The molecule has 0 saturated carbocycles. The summed E-state index contributed by atoms with van der Waals surface area (Å²) in [5.74, 6) is -1.000. The first-order chi connectivity index (χ1) is 7.06. The zero-order valence-corrected chi connectivity index (χ0v) is 9.13. The summed E-state index contributed by atoms with van der Waals surface area (Å²) in [6.45, 7) is 4.70. The van der Waals surface area contributed by atoms with Gasteiger partial charge in [0.25, 0.3) is 0 Å². The van der Waals surface area contributed by atoms with Crippen molar-refractivity contribution in [3.8, 4) is 0 Å². The Morgan fingerprint density at radius 2 is 1.87 bits per heavy atom. The summed E-state index contributed by atoms with van der Waals surface area (Å²) < 4.78 is 25.7. The van der Waals surface area contributed by atoms with Gasteiger partial charge in [0.15, 0.2) is 11.6 Å². The summed E-state index contributed by atoms with van der Waals surface area (Å²) in [4.78, 5) is 0. The van der Waals surface area contributed by atoms with E-state index in [4.69, 9.17) is 5.73 Å². The molecule has 3 heteroatoms. The van der Waals surface area contributed by atoms with Crippen molar-refractivity contribution in [2.75, 3.05) is 6.54 Å². The Kier molecular flexibility index (Phi) is 4.21. The van der Waals surface area contributed by atoms with Gasteiger partial charge in [-0.3, -0.25) is 0 Å². The van der Waals surface area contributed by atoms with E-state index in [0.717, 1.165) is 12.0 Å². The molecule has 2 unspecified atom stereocenters. The van der Waals surface area contributed by atoms with E-state index in [9.17, 15) is 8.78 Å². The van der Waals surface area contributed by atoms with Crippen LogP contribution in [0, 0.1) is 17.6 Å². The summed E-state index contributed by atoms with van der Waals surface area (Å²) in [6.07, 6.45) is 0.889. The normalized spacial score (nSPS) is 15.0. The van der Waals surface area contributed by atoms with Gasteiger partial charge >= 0.3 is 0 Å². The molecule has 0 aliphatic heterocycles. The quantitative estimate of drug-likeness (QED) is 0.817. The van der Waals surface area contributed by atoms with Crippen LogP contribution in [0.25, 0.3) is 0 Å². The first kappa shape index (κ1) is 12.1. The highest BCUT2D eigenvalue weighted by molar-refractivity contribution is 5.21. The van der Waals surface area contributed by atoms with Crippen molar-refractivity contribution in [1.29, 1.82) is 0 Å². The lowest BCUT2D eigenvalue weighted by Crippen LogP contribution is -2.12. The van der Waals surface area contributed by atoms with E-state index >= 15 is 0 Å². The fourth-order valence-corrected chi connectivity index (χ4v) is 1.64. The minimum atomic E-state index is -0.794. The topological polar surface area (TPSA) is 26.0 Å². The number of hydrogen-bond acceptors (Lipinski definition) is 1. The largest absolute Gasteiger partial charge is 0.330 e. The van der Waals surface area contributed by atoms with Crippen LogP contribution in [0.2, 0.25) is 0 Å². The van der Waals surface area contributed by atoms with E-state index < -0.39 is 11.6 Å². The molecule has 0 spiro atoms.